The van der Waals surface area contributed by atoms with Crippen molar-refractivity contribution in [2.45, 2.75) is 19.9 Å². The van der Waals surface area contributed by atoms with E-state index in [1.165, 1.54) is 0 Å². The van der Waals surface area contributed by atoms with Crippen molar-refractivity contribution in [1.29, 1.82) is 0 Å². The first-order valence-electron chi connectivity index (χ1n) is 5.88. The number of aromatic nitrogens is 2. The normalized spacial score (nSPS) is 10.9. The molecule has 0 bridgehead atoms. The van der Waals surface area contributed by atoms with Gasteiger partial charge in [0.2, 0.25) is 0 Å². The van der Waals surface area contributed by atoms with Gasteiger partial charge in [0, 0.05) is 30.5 Å². The Morgan fingerprint density at radius 1 is 1.41 bits per heavy atom. The summed E-state index contributed by atoms with van der Waals surface area (Å²) in [7, 11) is 6.01. The molecule has 1 N–H and O–H groups in total. The molecule has 1 rings (SSSR count). The van der Waals surface area contributed by atoms with Gasteiger partial charge in [-0.05, 0) is 34.5 Å². The van der Waals surface area contributed by atoms with Crippen LogP contribution in [0.3, 0.4) is 0 Å². The summed E-state index contributed by atoms with van der Waals surface area (Å²) in [6.07, 6.45) is 2.80. The minimum Gasteiger partial charge on any atom is -0.463 e. The molecule has 0 saturated heterocycles. The van der Waals surface area contributed by atoms with Gasteiger partial charge in [-0.25, -0.2) is 9.97 Å². The number of rotatable bonds is 7. The van der Waals surface area contributed by atoms with E-state index in [0.717, 1.165) is 30.8 Å². The maximum absolute atomic E-state index is 5.50. The smallest absolute Gasteiger partial charge is 0.316 e. The second-order valence-electron chi connectivity index (χ2n) is 4.30. The summed E-state index contributed by atoms with van der Waals surface area (Å²) in [4.78, 5) is 10.6. The van der Waals surface area contributed by atoms with Gasteiger partial charge >= 0.3 is 6.01 Å². The maximum atomic E-state index is 5.50. The van der Waals surface area contributed by atoms with Crippen molar-refractivity contribution in [1.82, 2.24) is 20.2 Å². The molecule has 0 aromatic carbocycles. The van der Waals surface area contributed by atoms with Crippen LogP contribution in [0.5, 0.6) is 6.01 Å². The van der Waals surface area contributed by atoms with Crippen LogP contribution in [0.1, 0.15) is 17.7 Å². The summed E-state index contributed by atoms with van der Waals surface area (Å²) in [6.45, 7) is 4.42. The first kappa shape index (κ1) is 13.9. The van der Waals surface area contributed by atoms with Crippen molar-refractivity contribution in [3.63, 3.8) is 0 Å². The quantitative estimate of drug-likeness (QED) is 0.713. The molecule has 0 aliphatic carbocycles. The molecule has 17 heavy (non-hydrogen) atoms. The van der Waals surface area contributed by atoms with Gasteiger partial charge in [0.1, 0.15) is 0 Å². The Bertz CT molecular complexity index is 341. The average Bonchev–Trinajstić information content (AvgIpc) is 2.28. The monoisotopic (exact) mass is 238 g/mol. The molecular weight excluding hydrogens is 216 g/mol. The lowest BCUT2D eigenvalue weighted by Crippen LogP contribution is -2.16. The lowest BCUT2D eigenvalue weighted by atomic mass is 10.2. The molecule has 0 atom stereocenters. The van der Waals surface area contributed by atoms with E-state index < -0.39 is 0 Å². The Kier molecular flexibility index (Phi) is 5.86. The number of aryl methyl sites for hydroxylation is 1. The van der Waals surface area contributed by atoms with Crippen LogP contribution < -0.4 is 10.1 Å². The molecule has 0 amide bonds. The van der Waals surface area contributed by atoms with Crippen LogP contribution in [0.2, 0.25) is 0 Å². The Morgan fingerprint density at radius 3 is 2.76 bits per heavy atom. The fourth-order valence-electron chi connectivity index (χ4n) is 1.45. The lowest BCUT2D eigenvalue weighted by molar-refractivity contribution is 0.263. The fourth-order valence-corrected chi connectivity index (χ4v) is 1.45. The SMILES string of the molecule is CNCc1cnc(OCCCN(C)C)nc1C. The summed E-state index contributed by atoms with van der Waals surface area (Å²) in [6, 6.07) is 0.473. The molecule has 0 fully saturated rings. The van der Waals surface area contributed by atoms with Crippen LogP contribution >= 0.6 is 0 Å². The average molecular weight is 238 g/mol. The molecule has 0 aliphatic heterocycles. The molecule has 1 heterocycles. The molecule has 0 spiro atoms. The number of hydrogen-bond donors (Lipinski definition) is 1. The van der Waals surface area contributed by atoms with E-state index in [9.17, 15) is 0 Å². The van der Waals surface area contributed by atoms with Crippen molar-refractivity contribution in [2.24, 2.45) is 0 Å². The zero-order valence-electron chi connectivity index (χ0n) is 11.2. The van der Waals surface area contributed by atoms with Crippen LogP contribution in [0.25, 0.3) is 0 Å². The van der Waals surface area contributed by atoms with Gasteiger partial charge in [0.05, 0.1) is 6.61 Å². The third kappa shape index (κ3) is 5.10. The minimum absolute atomic E-state index is 0.473. The topological polar surface area (TPSA) is 50.3 Å². The molecule has 0 unspecified atom stereocenters. The van der Waals surface area contributed by atoms with Gasteiger partial charge < -0.3 is 15.0 Å². The molecule has 0 saturated carbocycles. The zero-order valence-corrected chi connectivity index (χ0v) is 11.2. The van der Waals surface area contributed by atoms with Gasteiger partial charge in [-0.1, -0.05) is 0 Å². The van der Waals surface area contributed by atoms with E-state index in [1.807, 2.05) is 34.3 Å². The van der Waals surface area contributed by atoms with E-state index in [-0.39, 0.29) is 0 Å². The Morgan fingerprint density at radius 2 is 2.18 bits per heavy atom. The van der Waals surface area contributed by atoms with Gasteiger partial charge in [-0.2, -0.15) is 0 Å². The summed E-state index contributed by atoms with van der Waals surface area (Å²) in [5, 5.41) is 3.08. The van der Waals surface area contributed by atoms with Crippen molar-refractivity contribution in [2.75, 3.05) is 34.3 Å². The predicted octanol–water partition coefficient (Wildman–Crippen LogP) is 0.835. The van der Waals surface area contributed by atoms with Crippen molar-refractivity contribution in [3.8, 4) is 6.01 Å². The van der Waals surface area contributed by atoms with Crippen LogP contribution in [0, 0.1) is 6.92 Å². The highest BCUT2D eigenvalue weighted by atomic mass is 16.5. The van der Waals surface area contributed by atoms with E-state index >= 15 is 0 Å². The molecule has 5 heteroatoms. The molecule has 1 aromatic heterocycles. The van der Waals surface area contributed by atoms with Crippen molar-refractivity contribution >= 4 is 0 Å². The van der Waals surface area contributed by atoms with E-state index in [0.29, 0.717) is 12.6 Å². The second kappa shape index (κ2) is 7.19. The highest BCUT2D eigenvalue weighted by Crippen LogP contribution is 2.08. The lowest BCUT2D eigenvalue weighted by Gasteiger charge is -2.10. The van der Waals surface area contributed by atoms with Crippen LogP contribution in [0.15, 0.2) is 6.20 Å². The molecule has 96 valence electrons. The third-order valence-corrected chi connectivity index (χ3v) is 2.41. The molecule has 0 aliphatic rings. The fraction of sp³-hybridized carbons (Fsp3) is 0.667. The summed E-state index contributed by atoms with van der Waals surface area (Å²) >= 11 is 0. The first-order chi connectivity index (χ1) is 8.13. The number of ether oxygens (including phenoxy) is 1. The predicted molar refractivity (Wildman–Crippen MR) is 68.2 cm³/mol. The van der Waals surface area contributed by atoms with Crippen molar-refractivity contribution < 1.29 is 4.74 Å². The summed E-state index contributed by atoms with van der Waals surface area (Å²) in [5.41, 5.74) is 2.07. The van der Waals surface area contributed by atoms with Gasteiger partial charge in [-0.15, -0.1) is 0 Å². The van der Waals surface area contributed by atoms with Crippen LogP contribution in [-0.4, -0.2) is 49.2 Å². The molecule has 1 aromatic rings. The number of nitrogens with one attached hydrogen (secondary N) is 1. The molecule has 5 nitrogen and oxygen atoms in total. The maximum Gasteiger partial charge on any atom is 0.316 e. The number of hydrogen-bond acceptors (Lipinski definition) is 5. The standard InChI is InChI=1S/C12H22N4O/c1-10-11(8-13-2)9-14-12(15-10)17-7-5-6-16(3)4/h9,13H,5-8H2,1-4H3. The minimum atomic E-state index is 0.473. The Hall–Kier alpha value is -1.20. The van der Waals surface area contributed by atoms with Gasteiger partial charge in [-0.3, -0.25) is 0 Å². The van der Waals surface area contributed by atoms with Crippen molar-refractivity contribution in [3.05, 3.63) is 17.5 Å². The van der Waals surface area contributed by atoms with Gasteiger partial charge in [0.25, 0.3) is 0 Å². The van der Waals surface area contributed by atoms with Gasteiger partial charge in [0.15, 0.2) is 0 Å². The van der Waals surface area contributed by atoms with Crippen LogP contribution in [0.4, 0.5) is 0 Å². The van der Waals surface area contributed by atoms with E-state index in [1.54, 1.807) is 0 Å². The Balaban J connectivity index is 2.41. The largest absolute Gasteiger partial charge is 0.463 e. The highest BCUT2D eigenvalue weighted by molar-refractivity contribution is 5.17. The highest BCUT2D eigenvalue weighted by Gasteiger charge is 2.03. The second-order valence-corrected chi connectivity index (χ2v) is 4.30. The summed E-state index contributed by atoms with van der Waals surface area (Å²) < 4.78 is 5.50. The van der Waals surface area contributed by atoms with E-state index in [2.05, 4.69) is 20.2 Å². The number of nitrogens with zero attached hydrogens (tertiary/aromatic N) is 3. The van der Waals surface area contributed by atoms with Crippen LogP contribution in [-0.2, 0) is 6.54 Å². The molecule has 0 radical (unpaired) electrons. The molecular formula is C12H22N4O. The Labute approximate surface area is 103 Å². The summed E-state index contributed by atoms with van der Waals surface area (Å²) in [5.74, 6) is 0. The third-order valence-electron chi connectivity index (χ3n) is 2.41. The first-order valence-corrected chi connectivity index (χ1v) is 5.88. The zero-order chi connectivity index (χ0) is 12.7. The van der Waals surface area contributed by atoms with E-state index in [4.69, 9.17) is 4.74 Å².